The van der Waals surface area contributed by atoms with Crippen LogP contribution in [-0.4, -0.2) is 36.3 Å². The van der Waals surface area contributed by atoms with Crippen molar-refractivity contribution in [2.75, 3.05) is 24.5 Å². The highest BCUT2D eigenvalue weighted by atomic mass is 16.2. The lowest BCUT2D eigenvalue weighted by Gasteiger charge is -2.35. The molecule has 0 atom stereocenters. The van der Waals surface area contributed by atoms with E-state index in [2.05, 4.69) is 18.2 Å². The number of nitrogens with zero attached hydrogens (tertiary/aromatic N) is 2. The third kappa shape index (κ3) is 3.31. The molecule has 2 amide bonds. The average molecular weight is 340 g/mol. The fourth-order valence-corrected chi connectivity index (χ4v) is 4.77. The molecule has 0 radical (unpaired) electrons. The third-order valence-corrected chi connectivity index (χ3v) is 6.22. The number of anilines is 1. The molecule has 2 aliphatic heterocycles. The van der Waals surface area contributed by atoms with Crippen LogP contribution in [-0.2, 0) is 16.0 Å². The van der Waals surface area contributed by atoms with Gasteiger partial charge < -0.3 is 9.80 Å². The van der Waals surface area contributed by atoms with E-state index in [4.69, 9.17) is 0 Å². The van der Waals surface area contributed by atoms with Gasteiger partial charge in [-0.2, -0.15) is 0 Å². The number of para-hydroxylation sites is 1. The Morgan fingerprint density at radius 2 is 1.44 bits per heavy atom. The van der Waals surface area contributed by atoms with E-state index in [0.717, 1.165) is 76.7 Å². The molecule has 1 aromatic carbocycles. The molecule has 0 aromatic heterocycles. The summed E-state index contributed by atoms with van der Waals surface area (Å²) in [6.45, 7) is 2.70. The highest BCUT2D eigenvalue weighted by Gasteiger charge is 2.35. The summed E-state index contributed by atoms with van der Waals surface area (Å²) in [6.07, 6.45) is 7.89. The minimum absolute atomic E-state index is 0.0915. The van der Waals surface area contributed by atoms with Gasteiger partial charge in [-0.3, -0.25) is 9.59 Å². The maximum absolute atomic E-state index is 13.1. The van der Waals surface area contributed by atoms with Crippen molar-refractivity contribution < 1.29 is 9.59 Å². The summed E-state index contributed by atoms with van der Waals surface area (Å²) in [5, 5.41) is 0. The van der Waals surface area contributed by atoms with Gasteiger partial charge in [0.1, 0.15) is 0 Å². The number of hydrogen-bond donors (Lipinski definition) is 0. The van der Waals surface area contributed by atoms with Crippen molar-refractivity contribution in [3.05, 3.63) is 29.8 Å². The molecule has 0 bridgehead atoms. The monoisotopic (exact) mass is 340 g/mol. The lowest BCUT2D eigenvalue weighted by molar-refractivity contribution is -0.137. The topological polar surface area (TPSA) is 40.6 Å². The van der Waals surface area contributed by atoms with Gasteiger partial charge in [0.2, 0.25) is 11.8 Å². The molecule has 1 aromatic rings. The van der Waals surface area contributed by atoms with Crippen molar-refractivity contribution >= 4 is 17.5 Å². The van der Waals surface area contributed by atoms with Gasteiger partial charge in [0.15, 0.2) is 0 Å². The summed E-state index contributed by atoms with van der Waals surface area (Å²) in [7, 11) is 0. The van der Waals surface area contributed by atoms with E-state index < -0.39 is 0 Å². The zero-order chi connectivity index (χ0) is 17.2. The highest BCUT2D eigenvalue weighted by molar-refractivity contribution is 5.96. The maximum atomic E-state index is 13.1. The molecule has 1 saturated carbocycles. The maximum Gasteiger partial charge on any atom is 0.230 e. The van der Waals surface area contributed by atoms with Crippen LogP contribution in [0.4, 0.5) is 5.69 Å². The van der Waals surface area contributed by atoms with E-state index in [1.807, 2.05) is 15.9 Å². The minimum atomic E-state index is 0.0915. The molecule has 1 saturated heterocycles. The number of carbonyl (C=O) groups is 2. The second kappa shape index (κ2) is 7.19. The molecule has 134 valence electrons. The number of amides is 2. The largest absolute Gasteiger partial charge is 0.342 e. The lowest BCUT2D eigenvalue weighted by Crippen LogP contribution is -2.42. The molecule has 0 unspecified atom stereocenters. The highest BCUT2D eigenvalue weighted by Crippen LogP contribution is 2.35. The molecule has 0 N–H and O–H groups in total. The molecule has 25 heavy (non-hydrogen) atoms. The second-order valence-corrected chi connectivity index (χ2v) is 7.80. The van der Waals surface area contributed by atoms with Crippen LogP contribution >= 0.6 is 0 Å². The predicted molar refractivity (Wildman–Crippen MR) is 98.4 cm³/mol. The van der Waals surface area contributed by atoms with Crippen LogP contribution in [0.5, 0.6) is 0 Å². The molecular formula is C21H28N2O2. The Morgan fingerprint density at radius 1 is 0.800 bits per heavy atom. The Hall–Kier alpha value is -1.84. The van der Waals surface area contributed by atoms with Crippen molar-refractivity contribution in [2.24, 2.45) is 11.8 Å². The first kappa shape index (κ1) is 16.6. The summed E-state index contributed by atoms with van der Waals surface area (Å²) >= 11 is 0. The molecule has 4 nitrogen and oxygen atoms in total. The number of benzene rings is 1. The van der Waals surface area contributed by atoms with Gasteiger partial charge in [-0.25, -0.2) is 0 Å². The Kier molecular flexibility index (Phi) is 4.78. The Balaban J connectivity index is 1.38. The number of fused-ring (bicyclic) bond motifs is 1. The van der Waals surface area contributed by atoms with E-state index in [1.54, 1.807) is 0 Å². The van der Waals surface area contributed by atoms with Gasteiger partial charge in [0.25, 0.3) is 0 Å². The second-order valence-electron chi connectivity index (χ2n) is 7.80. The van der Waals surface area contributed by atoms with Gasteiger partial charge in [-0.1, -0.05) is 18.2 Å². The number of aryl methyl sites for hydroxylation is 1. The SMILES string of the molecule is O=C(C1CCC(C(=O)N2CCCc3ccccc32)CC1)N1CCCC1. The molecule has 0 spiro atoms. The lowest BCUT2D eigenvalue weighted by atomic mass is 9.80. The van der Waals surface area contributed by atoms with Crippen molar-refractivity contribution in [1.82, 2.24) is 4.90 Å². The summed E-state index contributed by atoms with van der Waals surface area (Å²) < 4.78 is 0. The average Bonchev–Trinajstić information content (AvgIpc) is 3.21. The van der Waals surface area contributed by atoms with Crippen LogP contribution in [0.2, 0.25) is 0 Å². The smallest absolute Gasteiger partial charge is 0.230 e. The van der Waals surface area contributed by atoms with E-state index in [1.165, 1.54) is 5.56 Å². The van der Waals surface area contributed by atoms with Crippen molar-refractivity contribution in [1.29, 1.82) is 0 Å². The van der Waals surface area contributed by atoms with E-state index in [9.17, 15) is 9.59 Å². The standard InChI is InChI=1S/C21H28N2O2/c24-20(22-13-3-4-14-22)17-9-11-18(12-10-17)21(25)23-15-5-7-16-6-1-2-8-19(16)23/h1-2,6,8,17-18H,3-5,7,9-15H2. The first-order valence-electron chi connectivity index (χ1n) is 9.92. The zero-order valence-electron chi connectivity index (χ0n) is 15.0. The van der Waals surface area contributed by atoms with E-state index in [0.29, 0.717) is 5.91 Å². The molecule has 4 rings (SSSR count). The number of hydrogen-bond acceptors (Lipinski definition) is 2. The zero-order valence-corrected chi connectivity index (χ0v) is 15.0. The molecule has 3 aliphatic rings. The summed E-state index contributed by atoms with van der Waals surface area (Å²) in [4.78, 5) is 29.7. The van der Waals surface area contributed by atoms with Crippen LogP contribution in [0.1, 0.15) is 50.5 Å². The Morgan fingerprint density at radius 3 is 2.16 bits per heavy atom. The van der Waals surface area contributed by atoms with E-state index >= 15 is 0 Å². The van der Waals surface area contributed by atoms with Crippen molar-refractivity contribution in [3.8, 4) is 0 Å². The molecule has 1 aliphatic carbocycles. The van der Waals surface area contributed by atoms with Crippen molar-refractivity contribution in [3.63, 3.8) is 0 Å². The Labute approximate surface area is 150 Å². The fraction of sp³-hybridized carbons (Fsp3) is 0.619. The van der Waals surface area contributed by atoms with Crippen LogP contribution in [0.15, 0.2) is 24.3 Å². The number of carbonyl (C=O) groups excluding carboxylic acids is 2. The van der Waals surface area contributed by atoms with Crippen LogP contribution in [0.3, 0.4) is 0 Å². The van der Waals surface area contributed by atoms with Gasteiger partial charge in [-0.05, 0) is 63.0 Å². The summed E-state index contributed by atoms with van der Waals surface area (Å²) in [5.74, 6) is 0.857. The van der Waals surface area contributed by atoms with Crippen LogP contribution in [0.25, 0.3) is 0 Å². The minimum Gasteiger partial charge on any atom is -0.342 e. The first-order valence-corrected chi connectivity index (χ1v) is 9.92. The van der Waals surface area contributed by atoms with Gasteiger partial charge in [-0.15, -0.1) is 0 Å². The number of rotatable bonds is 2. The van der Waals surface area contributed by atoms with Crippen LogP contribution in [0, 0.1) is 11.8 Å². The summed E-state index contributed by atoms with van der Waals surface area (Å²) in [5.41, 5.74) is 2.40. The van der Waals surface area contributed by atoms with Gasteiger partial charge >= 0.3 is 0 Å². The molecular weight excluding hydrogens is 312 g/mol. The molecule has 2 heterocycles. The molecule has 2 fully saturated rings. The summed E-state index contributed by atoms with van der Waals surface area (Å²) in [6, 6.07) is 8.30. The van der Waals surface area contributed by atoms with Gasteiger partial charge in [0.05, 0.1) is 0 Å². The van der Waals surface area contributed by atoms with Crippen molar-refractivity contribution in [2.45, 2.75) is 51.4 Å². The van der Waals surface area contributed by atoms with Gasteiger partial charge in [0, 0.05) is 37.2 Å². The number of likely N-dealkylation sites (tertiary alicyclic amines) is 1. The molecule has 4 heteroatoms. The first-order chi connectivity index (χ1) is 12.2. The normalized spacial score (nSPS) is 26.4. The fourth-order valence-electron chi connectivity index (χ4n) is 4.77. The predicted octanol–water partition coefficient (Wildman–Crippen LogP) is 3.39. The quantitative estimate of drug-likeness (QED) is 0.828. The Bertz CT molecular complexity index is 643. The van der Waals surface area contributed by atoms with Crippen LogP contribution < -0.4 is 4.90 Å². The third-order valence-electron chi connectivity index (χ3n) is 6.22. The van der Waals surface area contributed by atoms with E-state index in [-0.39, 0.29) is 17.7 Å².